The second kappa shape index (κ2) is 5.13. The number of imide groups is 1. The van der Waals surface area contributed by atoms with E-state index in [9.17, 15) is 14.7 Å². The van der Waals surface area contributed by atoms with Gasteiger partial charge in [0.25, 0.3) is 11.8 Å². The molecule has 0 fully saturated rings. The third-order valence-electron chi connectivity index (χ3n) is 3.18. The molecule has 2 aromatic carbocycles. The van der Waals surface area contributed by atoms with Gasteiger partial charge in [-0.05, 0) is 30.3 Å². The van der Waals surface area contributed by atoms with Crippen molar-refractivity contribution in [3.63, 3.8) is 0 Å². The molecule has 0 radical (unpaired) electrons. The molecule has 5 nitrogen and oxygen atoms in total. The summed E-state index contributed by atoms with van der Waals surface area (Å²) in [5.41, 5.74) is 2.18. The Kier molecular flexibility index (Phi) is 3.16. The predicted octanol–water partition coefficient (Wildman–Crippen LogP) is 2.12. The van der Waals surface area contributed by atoms with Crippen LogP contribution in [0.15, 0.2) is 54.7 Å². The molecule has 0 spiro atoms. The van der Waals surface area contributed by atoms with E-state index in [0.717, 1.165) is 5.69 Å². The summed E-state index contributed by atoms with van der Waals surface area (Å²) in [6.07, 6.45) is 1.55. The minimum Gasteiger partial charge on any atom is -0.508 e. The van der Waals surface area contributed by atoms with Gasteiger partial charge >= 0.3 is 0 Å². The van der Waals surface area contributed by atoms with Crippen molar-refractivity contribution in [2.75, 3.05) is 5.32 Å². The lowest BCUT2D eigenvalue weighted by molar-refractivity contribution is -0.114. The molecule has 21 heavy (non-hydrogen) atoms. The Balaban J connectivity index is 1.95. The summed E-state index contributed by atoms with van der Waals surface area (Å²) < 4.78 is 0. The van der Waals surface area contributed by atoms with E-state index in [-0.39, 0.29) is 5.75 Å². The minimum atomic E-state index is -0.440. The second-order valence-electron chi connectivity index (χ2n) is 4.58. The van der Waals surface area contributed by atoms with Crippen LogP contribution >= 0.6 is 0 Å². The van der Waals surface area contributed by atoms with Crippen LogP contribution in [0.5, 0.6) is 5.75 Å². The first kappa shape index (κ1) is 12.9. The van der Waals surface area contributed by atoms with Gasteiger partial charge in [0.15, 0.2) is 0 Å². The highest BCUT2D eigenvalue weighted by atomic mass is 16.3. The Morgan fingerprint density at radius 3 is 2.29 bits per heavy atom. The highest BCUT2D eigenvalue weighted by Gasteiger charge is 2.26. The molecule has 0 atom stereocenters. The number of carbonyl (C=O) groups is 2. The fourth-order valence-corrected chi connectivity index (χ4v) is 2.13. The van der Waals surface area contributed by atoms with E-state index >= 15 is 0 Å². The first-order valence-corrected chi connectivity index (χ1v) is 6.36. The van der Waals surface area contributed by atoms with E-state index in [4.69, 9.17) is 0 Å². The molecule has 0 aromatic heterocycles. The summed E-state index contributed by atoms with van der Waals surface area (Å²) in [4.78, 5) is 23.7. The Hall–Kier alpha value is -3.08. The Morgan fingerprint density at radius 1 is 0.905 bits per heavy atom. The highest BCUT2D eigenvalue weighted by Crippen LogP contribution is 2.24. The summed E-state index contributed by atoms with van der Waals surface area (Å²) in [6.45, 7) is 0. The summed E-state index contributed by atoms with van der Waals surface area (Å²) in [5, 5.41) is 14.5. The van der Waals surface area contributed by atoms with Crippen LogP contribution in [0.2, 0.25) is 0 Å². The van der Waals surface area contributed by atoms with Crippen LogP contribution in [0.4, 0.5) is 5.69 Å². The van der Waals surface area contributed by atoms with Crippen molar-refractivity contribution < 1.29 is 14.7 Å². The molecular formula is C16H12N2O3. The molecule has 5 heteroatoms. The number of rotatable bonds is 2. The van der Waals surface area contributed by atoms with E-state index in [0.29, 0.717) is 16.7 Å². The van der Waals surface area contributed by atoms with Crippen LogP contribution < -0.4 is 10.6 Å². The van der Waals surface area contributed by atoms with E-state index in [1.807, 2.05) is 0 Å². The van der Waals surface area contributed by atoms with Crippen molar-refractivity contribution in [2.24, 2.45) is 0 Å². The SMILES string of the molecule is O=C1NC(=O)c2ccccc2C1=CNc1ccc(O)cc1. The molecule has 0 saturated carbocycles. The third-order valence-corrected chi connectivity index (χ3v) is 3.18. The maximum atomic E-state index is 12.0. The average Bonchev–Trinajstić information content (AvgIpc) is 2.49. The monoisotopic (exact) mass is 280 g/mol. The van der Waals surface area contributed by atoms with Crippen molar-refractivity contribution in [3.05, 3.63) is 65.9 Å². The van der Waals surface area contributed by atoms with Crippen molar-refractivity contribution in [2.45, 2.75) is 0 Å². The van der Waals surface area contributed by atoms with E-state index in [2.05, 4.69) is 10.6 Å². The summed E-state index contributed by atoms with van der Waals surface area (Å²) in [6, 6.07) is 13.4. The number of phenolic OH excluding ortho intramolecular Hbond substituents is 1. The molecule has 2 amide bonds. The molecular weight excluding hydrogens is 268 g/mol. The number of hydrogen-bond acceptors (Lipinski definition) is 4. The standard InChI is InChI=1S/C16H12N2O3/c19-11-7-5-10(6-8-11)17-9-14-12-3-1-2-4-13(12)15(20)18-16(14)21/h1-9,17,19H,(H,18,20,21). The summed E-state index contributed by atoms with van der Waals surface area (Å²) in [7, 11) is 0. The quantitative estimate of drug-likeness (QED) is 0.447. The maximum absolute atomic E-state index is 12.0. The summed E-state index contributed by atoms with van der Waals surface area (Å²) in [5.74, 6) is -0.665. The molecule has 104 valence electrons. The second-order valence-corrected chi connectivity index (χ2v) is 4.58. The van der Waals surface area contributed by atoms with E-state index in [1.54, 1.807) is 54.7 Å². The molecule has 3 N–H and O–H groups in total. The van der Waals surface area contributed by atoms with E-state index in [1.165, 1.54) is 0 Å². The number of nitrogens with one attached hydrogen (secondary N) is 2. The predicted molar refractivity (Wildman–Crippen MR) is 78.6 cm³/mol. The number of aromatic hydroxyl groups is 1. The Bertz CT molecular complexity index is 748. The molecule has 1 aliphatic heterocycles. The smallest absolute Gasteiger partial charge is 0.260 e. The number of phenols is 1. The lowest BCUT2D eigenvalue weighted by atomic mass is 9.96. The van der Waals surface area contributed by atoms with Crippen LogP contribution in [0.1, 0.15) is 15.9 Å². The molecule has 0 saturated heterocycles. The van der Waals surface area contributed by atoms with Crippen molar-refractivity contribution >= 4 is 23.1 Å². The number of hydrogen-bond donors (Lipinski definition) is 3. The third kappa shape index (κ3) is 2.49. The van der Waals surface area contributed by atoms with Crippen molar-refractivity contribution in [1.82, 2.24) is 5.32 Å². The number of amides is 2. The fraction of sp³-hybridized carbons (Fsp3) is 0. The zero-order chi connectivity index (χ0) is 14.8. The molecule has 1 aliphatic rings. The summed E-state index contributed by atoms with van der Waals surface area (Å²) >= 11 is 0. The first-order valence-electron chi connectivity index (χ1n) is 6.36. The van der Waals surface area contributed by atoms with Crippen LogP contribution in [0, 0.1) is 0 Å². The lowest BCUT2D eigenvalue weighted by Crippen LogP contribution is -2.36. The normalized spacial score (nSPS) is 15.5. The van der Waals surface area contributed by atoms with Gasteiger partial charge in [-0.15, -0.1) is 0 Å². The molecule has 0 unspecified atom stereocenters. The van der Waals surface area contributed by atoms with Gasteiger partial charge in [0.2, 0.25) is 0 Å². The Morgan fingerprint density at radius 2 is 1.57 bits per heavy atom. The maximum Gasteiger partial charge on any atom is 0.260 e. The zero-order valence-electron chi connectivity index (χ0n) is 11.0. The van der Waals surface area contributed by atoms with E-state index < -0.39 is 11.8 Å². The number of benzene rings is 2. The van der Waals surface area contributed by atoms with Crippen molar-refractivity contribution in [1.29, 1.82) is 0 Å². The van der Waals surface area contributed by atoms with Gasteiger partial charge in [-0.2, -0.15) is 0 Å². The fourth-order valence-electron chi connectivity index (χ4n) is 2.13. The number of carbonyl (C=O) groups excluding carboxylic acids is 2. The minimum absolute atomic E-state index is 0.166. The van der Waals surface area contributed by atoms with Gasteiger partial charge in [0.05, 0.1) is 5.57 Å². The topological polar surface area (TPSA) is 78.4 Å². The number of anilines is 1. The van der Waals surface area contributed by atoms with Crippen LogP contribution in [-0.2, 0) is 4.79 Å². The van der Waals surface area contributed by atoms with Crippen LogP contribution in [0.25, 0.3) is 5.57 Å². The zero-order valence-corrected chi connectivity index (χ0v) is 11.0. The average molecular weight is 280 g/mol. The Labute approximate surface area is 120 Å². The van der Waals surface area contributed by atoms with Crippen LogP contribution in [-0.4, -0.2) is 16.9 Å². The van der Waals surface area contributed by atoms with Gasteiger partial charge < -0.3 is 10.4 Å². The van der Waals surface area contributed by atoms with Gasteiger partial charge in [-0.25, -0.2) is 0 Å². The van der Waals surface area contributed by atoms with Gasteiger partial charge in [-0.1, -0.05) is 18.2 Å². The van der Waals surface area contributed by atoms with Gasteiger partial charge in [0.1, 0.15) is 5.75 Å². The largest absolute Gasteiger partial charge is 0.508 e. The molecule has 0 bridgehead atoms. The van der Waals surface area contributed by atoms with Crippen molar-refractivity contribution in [3.8, 4) is 5.75 Å². The first-order chi connectivity index (χ1) is 10.1. The van der Waals surface area contributed by atoms with Crippen LogP contribution in [0.3, 0.4) is 0 Å². The highest BCUT2D eigenvalue weighted by molar-refractivity contribution is 6.31. The number of fused-ring (bicyclic) bond motifs is 1. The van der Waals surface area contributed by atoms with Gasteiger partial charge in [0, 0.05) is 23.0 Å². The van der Waals surface area contributed by atoms with Gasteiger partial charge in [-0.3, -0.25) is 14.9 Å². The molecule has 2 aromatic rings. The molecule has 3 rings (SSSR count). The molecule has 0 aliphatic carbocycles. The lowest BCUT2D eigenvalue weighted by Gasteiger charge is -2.18. The molecule has 1 heterocycles.